The molecule has 1 atom stereocenters. The summed E-state index contributed by atoms with van der Waals surface area (Å²) in [6, 6.07) is 5.88. The summed E-state index contributed by atoms with van der Waals surface area (Å²) in [5.41, 5.74) is 1.15. The van der Waals surface area contributed by atoms with E-state index in [4.69, 9.17) is 14.6 Å². The van der Waals surface area contributed by atoms with E-state index in [1.807, 2.05) is 25.1 Å². The first-order valence-corrected chi connectivity index (χ1v) is 6.52. The number of carbonyl (C=O) groups is 1. The molecule has 5 heteroatoms. The Hall–Kier alpha value is -1.75. The molecule has 1 aliphatic heterocycles. The van der Waals surface area contributed by atoms with Gasteiger partial charge in [-0.05, 0) is 37.1 Å². The van der Waals surface area contributed by atoms with Crippen molar-refractivity contribution in [3.05, 3.63) is 23.8 Å². The van der Waals surface area contributed by atoms with E-state index in [0.29, 0.717) is 13.0 Å². The summed E-state index contributed by atoms with van der Waals surface area (Å²) in [5.74, 6) is 0.526. The number of nitrogens with one attached hydrogen (secondary N) is 1. The zero-order valence-corrected chi connectivity index (χ0v) is 11.0. The van der Waals surface area contributed by atoms with Gasteiger partial charge in [-0.25, -0.2) is 0 Å². The van der Waals surface area contributed by atoms with Crippen molar-refractivity contribution in [2.24, 2.45) is 5.92 Å². The molecule has 1 aliphatic rings. The number of aliphatic carboxylic acids is 1. The summed E-state index contributed by atoms with van der Waals surface area (Å²) in [5, 5.41) is 12.1. The van der Waals surface area contributed by atoms with Crippen LogP contribution in [0.1, 0.15) is 18.9 Å². The second kappa shape index (κ2) is 6.43. The average molecular weight is 265 g/mol. The Balaban J connectivity index is 1.75. The highest BCUT2D eigenvalue weighted by Gasteiger charge is 2.15. The van der Waals surface area contributed by atoms with E-state index in [1.54, 1.807) is 0 Å². The van der Waals surface area contributed by atoms with Gasteiger partial charge in [0.15, 0.2) is 11.5 Å². The number of carboxylic acids is 1. The van der Waals surface area contributed by atoms with E-state index in [1.165, 1.54) is 0 Å². The molecule has 5 nitrogen and oxygen atoms in total. The lowest BCUT2D eigenvalue weighted by Gasteiger charge is -2.11. The van der Waals surface area contributed by atoms with Crippen LogP contribution in [-0.4, -0.2) is 31.0 Å². The highest BCUT2D eigenvalue weighted by atomic mass is 16.7. The van der Waals surface area contributed by atoms with Gasteiger partial charge in [-0.3, -0.25) is 4.79 Å². The Kier molecular flexibility index (Phi) is 4.63. The van der Waals surface area contributed by atoms with E-state index in [0.717, 1.165) is 30.0 Å². The molecule has 1 aromatic rings. The van der Waals surface area contributed by atoms with Crippen molar-refractivity contribution in [2.75, 3.05) is 19.9 Å². The summed E-state index contributed by atoms with van der Waals surface area (Å²) in [7, 11) is 0. The van der Waals surface area contributed by atoms with Crippen LogP contribution in [0.25, 0.3) is 0 Å². The molecule has 1 aromatic carbocycles. The van der Waals surface area contributed by atoms with Gasteiger partial charge in [0.25, 0.3) is 0 Å². The number of ether oxygens (including phenoxy) is 2. The number of benzene rings is 1. The molecule has 0 aliphatic carbocycles. The molecule has 2 N–H and O–H groups in total. The van der Waals surface area contributed by atoms with Crippen molar-refractivity contribution in [2.45, 2.75) is 19.8 Å². The van der Waals surface area contributed by atoms with Gasteiger partial charge < -0.3 is 19.9 Å². The van der Waals surface area contributed by atoms with Crippen molar-refractivity contribution in [1.29, 1.82) is 0 Å². The fourth-order valence-electron chi connectivity index (χ4n) is 2.01. The number of carboxylic acid groups (broad SMARTS) is 1. The number of hydrogen-bond donors (Lipinski definition) is 2. The molecule has 0 aromatic heterocycles. The molecule has 2 rings (SSSR count). The first-order chi connectivity index (χ1) is 9.20. The second-order valence-corrected chi connectivity index (χ2v) is 4.59. The maximum atomic E-state index is 10.9. The summed E-state index contributed by atoms with van der Waals surface area (Å²) < 4.78 is 10.6. The summed E-state index contributed by atoms with van der Waals surface area (Å²) in [6.45, 7) is 3.44. The molecular formula is C14H19NO4. The standard InChI is InChI=1S/C14H19NO4/c1-2-11(14(16)17)8-15-6-5-10-3-4-12-13(7-10)19-9-18-12/h3-4,7,11,15H,2,5-6,8-9H2,1H3,(H,16,17). The molecule has 0 amide bonds. The van der Waals surface area contributed by atoms with E-state index >= 15 is 0 Å². The molecule has 0 radical (unpaired) electrons. The minimum absolute atomic E-state index is 0.286. The molecule has 1 heterocycles. The zero-order chi connectivity index (χ0) is 13.7. The largest absolute Gasteiger partial charge is 0.481 e. The Morgan fingerprint density at radius 2 is 2.21 bits per heavy atom. The monoisotopic (exact) mass is 265 g/mol. The molecule has 1 unspecified atom stereocenters. The van der Waals surface area contributed by atoms with Crippen LogP contribution in [0.15, 0.2) is 18.2 Å². The number of fused-ring (bicyclic) bond motifs is 1. The third kappa shape index (κ3) is 3.61. The van der Waals surface area contributed by atoms with Crippen molar-refractivity contribution in [3.63, 3.8) is 0 Å². The van der Waals surface area contributed by atoms with Gasteiger partial charge in [-0.1, -0.05) is 13.0 Å². The highest BCUT2D eigenvalue weighted by molar-refractivity contribution is 5.70. The molecule has 0 saturated carbocycles. The van der Waals surface area contributed by atoms with E-state index in [2.05, 4.69) is 5.32 Å². The molecular weight excluding hydrogens is 246 g/mol. The summed E-state index contributed by atoms with van der Waals surface area (Å²) in [6.07, 6.45) is 1.49. The van der Waals surface area contributed by atoms with Crippen LogP contribution in [0.2, 0.25) is 0 Å². The summed E-state index contributed by atoms with van der Waals surface area (Å²) >= 11 is 0. The van der Waals surface area contributed by atoms with Crippen LogP contribution < -0.4 is 14.8 Å². The quantitative estimate of drug-likeness (QED) is 0.734. The van der Waals surface area contributed by atoms with Gasteiger partial charge in [-0.2, -0.15) is 0 Å². The van der Waals surface area contributed by atoms with Crippen LogP contribution in [0.3, 0.4) is 0 Å². The third-order valence-corrected chi connectivity index (χ3v) is 3.26. The fraction of sp³-hybridized carbons (Fsp3) is 0.500. The van der Waals surface area contributed by atoms with Crippen molar-refractivity contribution < 1.29 is 19.4 Å². The van der Waals surface area contributed by atoms with E-state index < -0.39 is 5.97 Å². The lowest BCUT2D eigenvalue weighted by atomic mass is 10.1. The number of hydrogen-bond acceptors (Lipinski definition) is 4. The molecule has 0 fully saturated rings. The van der Waals surface area contributed by atoms with Crippen LogP contribution >= 0.6 is 0 Å². The van der Waals surface area contributed by atoms with Crippen molar-refractivity contribution in [1.82, 2.24) is 5.32 Å². The molecule has 0 bridgehead atoms. The Bertz CT molecular complexity index is 447. The van der Waals surface area contributed by atoms with E-state index in [-0.39, 0.29) is 12.7 Å². The third-order valence-electron chi connectivity index (χ3n) is 3.26. The lowest BCUT2D eigenvalue weighted by molar-refractivity contribution is -0.141. The molecule has 0 saturated heterocycles. The van der Waals surface area contributed by atoms with Gasteiger partial charge in [0.1, 0.15) is 0 Å². The maximum Gasteiger partial charge on any atom is 0.307 e. The van der Waals surface area contributed by atoms with E-state index in [9.17, 15) is 4.79 Å². The summed E-state index contributed by atoms with van der Waals surface area (Å²) in [4.78, 5) is 10.9. The topological polar surface area (TPSA) is 67.8 Å². The SMILES string of the molecule is CCC(CNCCc1ccc2c(c1)OCO2)C(=O)O. The minimum Gasteiger partial charge on any atom is -0.481 e. The van der Waals surface area contributed by atoms with Crippen LogP contribution in [0.4, 0.5) is 0 Å². The van der Waals surface area contributed by atoms with Gasteiger partial charge in [0.2, 0.25) is 6.79 Å². The first-order valence-electron chi connectivity index (χ1n) is 6.52. The van der Waals surface area contributed by atoms with Crippen LogP contribution in [0, 0.1) is 5.92 Å². The predicted molar refractivity (Wildman–Crippen MR) is 70.6 cm³/mol. The second-order valence-electron chi connectivity index (χ2n) is 4.59. The molecule has 104 valence electrons. The average Bonchev–Trinajstić information content (AvgIpc) is 2.85. The Morgan fingerprint density at radius 1 is 1.42 bits per heavy atom. The maximum absolute atomic E-state index is 10.9. The minimum atomic E-state index is -0.738. The smallest absolute Gasteiger partial charge is 0.307 e. The zero-order valence-electron chi connectivity index (χ0n) is 11.0. The molecule has 19 heavy (non-hydrogen) atoms. The first kappa shape index (κ1) is 13.7. The van der Waals surface area contributed by atoms with Gasteiger partial charge in [-0.15, -0.1) is 0 Å². The van der Waals surface area contributed by atoms with Crippen molar-refractivity contribution in [3.8, 4) is 11.5 Å². The normalized spacial score (nSPS) is 14.4. The lowest BCUT2D eigenvalue weighted by Crippen LogP contribution is -2.29. The van der Waals surface area contributed by atoms with Gasteiger partial charge in [0, 0.05) is 6.54 Å². The Labute approximate surface area is 112 Å². The van der Waals surface area contributed by atoms with Crippen LogP contribution in [-0.2, 0) is 11.2 Å². The molecule has 0 spiro atoms. The predicted octanol–water partition coefficient (Wildman–Crippen LogP) is 1.66. The van der Waals surface area contributed by atoms with Crippen molar-refractivity contribution >= 4 is 5.97 Å². The van der Waals surface area contributed by atoms with Gasteiger partial charge >= 0.3 is 5.97 Å². The Morgan fingerprint density at radius 3 is 2.95 bits per heavy atom. The van der Waals surface area contributed by atoms with Crippen LogP contribution in [0.5, 0.6) is 11.5 Å². The van der Waals surface area contributed by atoms with Gasteiger partial charge in [0.05, 0.1) is 5.92 Å². The highest BCUT2D eigenvalue weighted by Crippen LogP contribution is 2.32. The number of rotatable bonds is 7. The fourth-order valence-corrected chi connectivity index (χ4v) is 2.01.